The monoisotopic (exact) mass is 467 g/mol. The van der Waals surface area contributed by atoms with Gasteiger partial charge < -0.3 is 15.0 Å². The molecule has 2 fully saturated rings. The molecule has 33 heavy (non-hydrogen) atoms. The first-order chi connectivity index (χ1) is 15.6. The number of halogens is 1. The van der Waals surface area contributed by atoms with Crippen molar-refractivity contribution in [2.24, 2.45) is 10.8 Å². The van der Waals surface area contributed by atoms with E-state index in [2.05, 4.69) is 53.9 Å². The molecule has 174 valence electrons. The molecule has 2 aliphatic rings. The second-order valence-corrected chi connectivity index (χ2v) is 10.5. The second kappa shape index (κ2) is 8.83. The number of anilines is 1. The molecule has 0 unspecified atom stereocenters. The molecule has 8 heteroatoms. The number of nitrogens with one attached hydrogen (secondary N) is 1. The highest BCUT2D eigenvalue weighted by Crippen LogP contribution is 2.55. The molecule has 1 aromatic heterocycles. The Kier molecular flexibility index (Phi) is 6.24. The summed E-state index contributed by atoms with van der Waals surface area (Å²) in [5.74, 6) is 1.10. The highest BCUT2D eigenvalue weighted by Gasteiger charge is 2.64. The normalized spacial score (nSPS) is 23.2. The number of carbonyl (C=O) groups is 1. The fraction of sp³-hybridized carbons (Fsp3) is 0.520. The summed E-state index contributed by atoms with van der Waals surface area (Å²) in [7, 11) is 0. The average molecular weight is 468 g/mol. The fourth-order valence-corrected chi connectivity index (χ4v) is 5.72. The van der Waals surface area contributed by atoms with Crippen LogP contribution in [0.5, 0.6) is 5.75 Å². The van der Waals surface area contributed by atoms with Crippen LogP contribution in [0, 0.1) is 22.2 Å². The number of benzene rings is 1. The molecule has 0 spiro atoms. The summed E-state index contributed by atoms with van der Waals surface area (Å²) in [6.07, 6.45) is 6.60. The first kappa shape index (κ1) is 23.3. The molecule has 2 heterocycles. The fourth-order valence-electron chi connectivity index (χ4n) is 5.51. The van der Waals surface area contributed by atoms with E-state index in [0.29, 0.717) is 27.8 Å². The first-order valence-electron chi connectivity index (χ1n) is 11.4. The third-order valence-corrected chi connectivity index (χ3v) is 7.28. The van der Waals surface area contributed by atoms with Crippen LogP contribution in [0.15, 0.2) is 30.6 Å². The predicted molar refractivity (Wildman–Crippen MR) is 127 cm³/mol. The van der Waals surface area contributed by atoms with Crippen LogP contribution in [0.1, 0.15) is 62.9 Å². The van der Waals surface area contributed by atoms with Crippen molar-refractivity contribution in [2.75, 3.05) is 18.0 Å². The first-order valence-corrected chi connectivity index (χ1v) is 11.8. The Balaban J connectivity index is 1.43. The van der Waals surface area contributed by atoms with Crippen molar-refractivity contribution in [1.29, 1.82) is 5.26 Å². The van der Waals surface area contributed by atoms with Gasteiger partial charge in [0.15, 0.2) is 0 Å². The highest BCUT2D eigenvalue weighted by atomic mass is 35.5. The number of hydrogen-bond donors (Lipinski definition) is 1. The van der Waals surface area contributed by atoms with Crippen molar-refractivity contribution >= 4 is 23.5 Å². The van der Waals surface area contributed by atoms with E-state index in [1.165, 1.54) is 6.42 Å². The van der Waals surface area contributed by atoms with Gasteiger partial charge in [-0.2, -0.15) is 5.26 Å². The van der Waals surface area contributed by atoms with Gasteiger partial charge in [-0.1, -0.05) is 39.3 Å². The third kappa shape index (κ3) is 4.37. The molecule has 1 N–H and O–H groups in total. The van der Waals surface area contributed by atoms with E-state index in [0.717, 1.165) is 25.9 Å². The number of aromatic nitrogens is 2. The number of rotatable bonds is 5. The minimum Gasteiger partial charge on any atom is -0.489 e. The van der Waals surface area contributed by atoms with Crippen LogP contribution in [0.4, 0.5) is 5.95 Å². The summed E-state index contributed by atoms with van der Waals surface area (Å²) in [6.45, 7) is 10.2. The maximum atomic E-state index is 13.0. The summed E-state index contributed by atoms with van der Waals surface area (Å²) in [5, 5.41) is 12.6. The zero-order chi connectivity index (χ0) is 23.8. The van der Waals surface area contributed by atoms with E-state index in [4.69, 9.17) is 21.6 Å². The number of amides is 1. The zero-order valence-corrected chi connectivity index (χ0v) is 20.3. The molecule has 1 aliphatic heterocycles. The topological polar surface area (TPSA) is 91.1 Å². The Morgan fingerprint density at radius 2 is 1.79 bits per heavy atom. The lowest BCUT2D eigenvalue weighted by molar-refractivity contribution is -0.164. The van der Waals surface area contributed by atoms with Gasteiger partial charge in [0, 0.05) is 48.4 Å². The Morgan fingerprint density at radius 1 is 1.15 bits per heavy atom. The van der Waals surface area contributed by atoms with E-state index in [-0.39, 0.29) is 28.9 Å². The number of hydrogen-bond acceptors (Lipinski definition) is 6. The number of ether oxygens (including phenoxy) is 1. The Hall–Kier alpha value is -2.85. The SMILES string of the molecule is CC1(C)[C@H](NC(=O)c2cnc(N3CCCCC3)nc2)C(C)(C)[C@H]1Oc1ccc(C#N)c(Cl)c1. The smallest absolute Gasteiger partial charge is 0.254 e. The lowest BCUT2D eigenvalue weighted by atomic mass is 9.49. The lowest BCUT2D eigenvalue weighted by Crippen LogP contribution is -2.74. The molecule has 1 aromatic carbocycles. The summed E-state index contributed by atoms with van der Waals surface area (Å²) in [4.78, 5) is 24.0. The van der Waals surface area contributed by atoms with Gasteiger partial charge in [0.2, 0.25) is 5.95 Å². The molecular formula is C25H30ClN5O2. The second-order valence-electron chi connectivity index (χ2n) is 10.1. The van der Waals surface area contributed by atoms with Crippen LogP contribution in [0.25, 0.3) is 0 Å². The van der Waals surface area contributed by atoms with Gasteiger partial charge in [0.1, 0.15) is 17.9 Å². The van der Waals surface area contributed by atoms with Crippen LogP contribution in [0.3, 0.4) is 0 Å². The molecule has 0 atom stereocenters. The Morgan fingerprint density at radius 3 is 2.36 bits per heavy atom. The van der Waals surface area contributed by atoms with Crippen LogP contribution < -0.4 is 15.0 Å². The Labute approximate surface area is 200 Å². The lowest BCUT2D eigenvalue weighted by Gasteiger charge is -2.63. The van der Waals surface area contributed by atoms with Crippen LogP contribution in [-0.4, -0.2) is 41.1 Å². The van der Waals surface area contributed by atoms with Gasteiger partial charge in [0.05, 0.1) is 16.1 Å². The number of nitrogens with zero attached hydrogens (tertiary/aromatic N) is 4. The van der Waals surface area contributed by atoms with Gasteiger partial charge in [-0.15, -0.1) is 0 Å². The molecule has 1 saturated carbocycles. The largest absolute Gasteiger partial charge is 0.489 e. The molecule has 0 bridgehead atoms. The van der Waals surface area contributed by atoms with Gasteiger partial charge in [-0.05, 0) is 31.4 Å². The summed E-state index contributed by atoms with van der Waals surface area (Å²) in [6, 6.07) is 7.02. The van der Waals surface area contributed by atoms with Crippen molar-refractivity contribution in [2.45, 2.75) is 59.1 Å². The molecule has 0 radical (unpaired) electrons. The van der Waals surface area contributed by atoms with E-state index < -0.39 is 0 Å². The zero-order valence-electron chi connectivity index (χ0n) is 19.6. The van der Waals surface area contributed by atoms with Crippen molar-refractivity contribution in [3.63, 3.8) is 0 Å². The van der Waals surface area contributed by atoms with Crippen LogP contribution in [-0.2, 0) is 0 Å². The van der Waals surface area contributed by atoms with Gasteiger partial charge >= 0.3 is 0 Å². The van der Waals surface area contributed by atoms with Crippen LogP contribution >= 0.6 is 11.6 Å². The molecule has 7 nitrogen and oxygen atoms in total. The average Bonchev–Trinajstić information content (AvgIpc) is 2.81. The van der Waals surface area contributed by atoms with Crippen molar-refractivity contribution < 1.29 is 9.53 Å². The van der Waals surface area contributed by atoms with Gasteiger partial charge in [-0.3, -0.25) is 4.79 Å². The molecule has 1 saturated heterocycles. The number of nitriles is 1. The van der Waals surface area contributed by atoms with Crippen molar-refractivity contribution in [3.8, 4) is 11.8 Å². The van der Waals surface area contributed by atoms with Gasteiger partial charge in [-0.25, -0.2) is 9.97 Å². The number of carbonyl (C=O) groups excluding carboxylic acids is 1. The summed E-state index contributed by atoms with van der Waals surface area (Å²) < 4.78 is 6.29. The maximum absolute atomic E-state index is 13.0. The summed E-state index contributed by atoms with van der Waals surface area (Å²) >= 11 is 6.17. The standard InChI is InChI=1S/C25H30ClN5O2/c1-24(2)21(25(3,4)22(24)33-18-9-8-16(13-27)19(26)12-18)30-20(32)17-14-28-23(29-15-17)31-10-6-5-7-11-31/h8-9,12,14-15,21-22H,5-7,10-11H2,1-4H3,(H,30,32)/t21-,22-. The van der Waals surface area contributed by atoms with E-state index in [1.807, 2.05) is 0 Å². The summed E-state index contributed by atoms with van der Waals surface area (Å²) in [5.41, 5.74) is 0.211. The van der Waals surface area contributed by atoms with E-state index in [1.54, 1.807) is 30.6 Å². The molecule has 1 amide bonds. The molecule has 1 aliphatic carbocycles. The minimum atomic E-state index is -0.325. The number of piperidine rings is 1. The maximum Gasteiger partial charge on any atom is 0.254 e. The van der Waals surface area contributed by atoms with E-state index in [9.17, 15) is 4.79 Å². The van der Waals surface area contributed by atoms with Crippen LogP contribution in [0.2, 0.25) is 5.02 Å². The molecule has 2 aromatic rings. The van der Waals surface area contributed by atoms with Crippen molar-refractivity contribution in [3.05, 3.63) is 46.7 Å². The highest BCUT2D eigenvalue weighted by molar-refractivity contribution is 6.31. The van der Waals surface area contributed by atoms with E-state index >= 15 is 0 Å². The minimum absolute atomic E-state index is 0.113. The molecular weight excluding hydrogens is 438 g/mol. The van der Waals surface area contributed by atoms with Crippen molar-refractivity contribution in [1.82, 2.24) is 15.3 Å². The molecule has 4 rings (SSSR count). The predicted octanol–water partition coefficient (Wildman–Crippen LogP) is 4.60. The van der Waals surface area contributed by atoms with Gasteiger partial charge in [0.25, 0.3) is 5.91 Å². The third-order valence-electron chi connectivity index (χ3n) is 6.97. The quantitative estimate of drug-likeness (QED) is 0.690. The Bertz CT molecular complexity index is 1060.